The summed E-state index contributed by atoms with van der Waals surface area (Å²) in [6.07, 6.45) is 0.935. The molecule has 3 aromatic rings. The minimum atomic E-state index is 0.413. The number of aromatic nitrogens is 2. The molecule has 0 bridgehead atoms. The number of benzene rings is 2. The molecule has 0 amide bonds. The Hall–Kier alpha value is -2.66. The van der Waals surface area contributed by atoms with Crippen molar-refractivity contribution in [1.82, 2.24) is 9.97 Å². The van der Waals surface area contributed by atoms with Gasteiger partial charge in [-0.3, -0.25) is 5.43 Å². The van der Waals surface area contributed by atoms with Crippen molar-refractivity contribution in [3.63, 3.8) is 0 Å². The van der Waals surface area contributed by atoms with E-state index in [1.54, 1.807) is 0 Å². The molecule has 2 aromatic carbocycles. The van der Waals surface area contributed by atoms with Crippen LogP contribution in [0.25, 0.3) is 10.9 Å². The average Bonchev–Trinajstić information content (AvgIpc) is 2.55. The van der Waals surface area contributed by atoms with Gasteiger partial charge in [0.25, 0.3) is 0 Å². The van der Waals surface area contributed by atoms with Crippen LogP contribution >= 0.6 is 0 Å². The molecule has 0 aliphatic rings. The predicted octanol–water partition coefficient (Wildman–Crippen LogP) is 2.57. The molecular weight excluding hydrogens is 262 g/mol. The summed E-state index contributed by atoms with van der Waals surface area (Å²) in [4.78, 5) is 8.73. The lowest BCUT2D eigenvalue weighted by Crippen LogP contribution is -2.13. The van der Waals surface area contributed by atoms with Crippen molar-refractivity contribution in [3.05, 3.63) is 60.2 Å². The minimum Gasteiger partial charge on any atom is -0.369 e. The molecule has 1 heterocycles. The summed E-state index contributed by atoms with van der Waals surface area (Å²) in [5.41, 5.74) is 4.66. The molecule has 3 rings (SSSR count). The second-order valence-corrected chi connectivity index (χ2v) is 4.72. The molecule has 0 atom stereocenters. The lowest BCUT2D eigenvalue weighted by Gasteiger charge is -2.10. The molecular formula is C16H17N5. The van der Waals surface area contributed by atoms with Crippen molar-refractivity contribution in [2.75, 3.05) is 17.3 Å². The topological polar surface area (TPSA) is 75.9 Å². The molecule has 0 saturated heterocycles. The van der Waals surface area contributed by atoms with Crippen molar-refractivity contribution in [2.45, 2.75) is 6.42 Å². The van der Waals surface area contributed by atoms with Gasteiger partial charge < -0.3 is 5.32 Å². The Labute approximate surface area is 123 Å². The number of nitrogens with one attached hydrogen (secondary N) is 2. The van der Waals surface area contributed by atoms with Crippen LogP contribution in [-0.4, -0.2) is 16.5 Å². The Balaban J connectivity index is 1.79. The third kappa shape index (κ3) is 3.09. The van der Waals surface area contributed by atoms with Gasteiger partial charge in [-0.05, 0) is 24.1 Å². The zero-order chi connectivity index (χ0) is 14.5. The minimum absolute atomic E-state index is 0.413. The number of hydrogen-bond donors (Lipinski definition) is 3. The number of hydrazine groups is 1. The van der Waals surface area contributed by atoms with Gasteiger partial charge in [-0.25, -0.2) is 10.8 Å². The maximum absolute atomic E-state index is 5.43. The van der Waals surface area contributed by atoms with Gasteiger partial charge in [-0.2, -0.15) is 4.98 Å². The molecule has 0 aliphatic heterocycles. The Bertz CT molecular complexity index is 727. The summed E-state index contributed by atoms with van der Waals surface area (Å²) in [5, 5.41) is 4.35. The molecule has 0 radical (unpaired) electrons. The van der Waals surface area contributed by atoms with Crippen LogP contribution in [0.2, 0.25) is 0 Å². The van der Waals surface area contributed by atoms with E-state index < -0.39 is 0 Å². The number of para-hydroxylation sites is 1. The summed E-state index contributed by atoms with van der Waals surface area (Å²) in [5.74, 6) is 6.64. The van der Waals surface area contributed by atoms with Gasteiger partial charge >= 0.3 is 0 Å². The summed E-state index contributed by atoms with van der Waals surface area (Å²) in [6, 6.07) is 18.2. The van der Waals surface area contributed by atoms with Crippen LogP contribution in [0, 0.1) is 0 Å². The van der Waals surface area contributed by atoms with E-state index in [-0.39, 0.29) is 0 Å². The van der Waals surface area contributed by atoms with Crippen molar-refractivity contribution in [2.24, 2.45) is 5.84 Å². The molecule has 0 unspecified atom stereocenters. The van der Waals surface area contributed by atoms with Gasteiger partial charge in [0.15, 0.2) is 0 Å². The highest BCUT2D eigenvalue weighted by atomic mass is 15.3. The van der Waals surface area contributed by atoms with E-state index in [0.29, 0.717) is 5.95 Å². The van der Waals surface area contributed by atoms with E-state index in [1.165, 1.54) is 5.56 Å². The van der Waals surface area contributed by atoms with E-state index in [1.807, 2.05) is 42.5 Å². The van der Waals surface area contributed by atoms with Crippen molar-refractivity contribution in [1.29, 1.82) is 0 Å². The fraction of sp³-hybridized carbons (Fsp3) is 0.125. The third-order valence-corrected chi connectivity index (χ3v) is 3.28. The monoisotopic (exact) mass is 279 g/mol. The van der Waals surface area contributed by atoms with Crippen LogP contribution in [0.5, 0.6) is 0 Å². The lowest BCUT2D eigenvalue weighted by atomic mass is 10.1. The van der Waals surface area contributed by atoms with Gasteiger partial charge in [0, 0.05) is 11.9 Å². The number of fused-ring (bicyclic) bond motifs is 1. The Morgan fingerprint density at radius 1 is 0.905 bits per heavy atom. The Morgan fingerprint density at radius 3 is 2.48 bits per heavy atom. The van der Waals surface area contributed by atoms with E-state index in [0.717, 1.165) is 29.7 Å². The molecule has 0 saturated carbocycles. The highest BCUT2D eigenvalue weighted by Crippen LogP contribution is 2.21. The van der Waals surface area contributed by atoms with E-state index in [9.17, 15) is 0 Å². The van der Waals surface area contributed by atoms with Crippen LogP contribution in [0.4, 0.5) is 11.8 Å². The molecule has 0 fully saturated rings. The Morgan fingerprint density at radius 2 is 1.67 bits per heavy atom. The maximum Gasteiger partial charge on any atom is 0.239 e. The number of nitrogens with two attached hydrogens (primary N) is 1. The molecule has 4 N–H and O–H groups in total. The molecule has 1 aromatic heterocycles. The van der Waals surface area contributed by atoms with Crippen molar-refractivity contribution in [3.8, 4) is 0 Å². The molecule has 0 aliphatic carbocycles. The summed E-state index contributed by atoms with van der Waals surface area (Å²) >= 11 is 0. The van der Waals surface area contributed by atoms with Crippen molar-refractivity contribution < 1.29 is 0 Å². The number of hydrogen-bond acceptors (Lipinski definition) is 5. The molecule has 5 heteroatoms. The second kappa shape index (κ2) is 6.19. The zero-order valence-corrected chi connectivity index (χ0v) is 11.6. The number of anilines is 2. The van der Waals surface area contributed by atoms with Crippen molar-refractivity contribution >= 4 is 22.7 Å². The normalized spacial score (nSPS) is 10.5. The summed E-state index contributed by atoms with van der Waals surface area (Å²) in [7, 11) is 0. The fourth-order valence-corrected chi connectivity index (χ4v) is 2.25. The first-order valence-corrected chi connectivity index (χ1v) is 6.88. The average molecular weight is 279 g/mol. The zero-order valence-electron chi connectivity index (χ0n) is 11.6. The highest BCUT2D eigenvalue weighted by molar-refractivity contribution is 5.89. The van der Waals surface area contributed by atoms with Crippen LogP contribution in [0.15, 0.2) is 54.6 Å². The van der Waals surface area contributed by atoms with Crippen LogP contribution < -0.4 is 16.6 Å². The highest BCUT2D eigenvalue weighted by Gasteiger charge is 2.06. The van der Waals surface area contributed by atoms with Crippen LogP contribution in [0.1, 0.15) is 5.56 Å². The smallest absolute Gasteiger partial charge is 0.239 e. The summed E-state index contributed by atoms with van der Waals surface area (Å²) in [6.45, 7) is 0.801. The SMILES string of the molecule is NNc1nc(NCCc2ccccc2)c2ccccc2n1. The second-order valence-electron chi connectivity index (χ2n) is 4.72. The number of nitrogen functional groups attached to an aromatic ring is 1. The standard InChI is InChI=1S/C16H17N5/c17-21-16-19-14-9-5-4-8-13(14)15(20-16)18-11-10-12-6-2-1-3-7-12/h1-9H,10-11,17H2,(H2,18,19,20,21). The van der Waals surface area contributed by atoms with Crippen LogP contribution in [-0.2, 0) is 6.42 Å². The van der Waals surface area contributed by atoms with E-state index in [4.69, 9.17) is 5.84 Å². The van der Waals surface area contributed by atoms with Crippen LogP contribution in [0.3, 0.4) is 0 Å². The van der Waals surface area contributed by atoms with E-state index >= 15 is 0 Å². The van der Waals surface area contributed by atoms with Gasteiger partial charge in [-0.15, -0.1) is 0 Å². The van der Waals surface area contributed by atoms with Gasteiger partial charge in [-0.1, -0.05) is 42.5 Å². The third-order valence-electron chi connectivity index (χ3n) is 3.28. The fourth-order valence-electron chi connectivity index (χ4n) is 2.25. The first-order chi connectivity index (χ1) is 10.4. The first kappa shape index (κ1) is 13.3. The lowest BCUT2D eigenvalue weighted by molar-refractivity contribution is 1.00. The first-order valence-electron chi connectivity index (χ1n) is 6.88. The largest absolute Gasteiger partial charge is 0.369 e. The van der Waals surface area contributed by atoms with E-state index in [2.05, 4.69) is 32.8 Å². The molecule has 0 spiro atoms. The summed E-state index contributed by atoms with van der Waals surface area (Å²) < 4.78 is 0. The van der Waals surface area contributed by atoms with Gasteiger partial charge in [0.1, 0.15) is 5.82 Å². The molecule has 106 valence electrons. The predicted molar refractivity (Wildman–Crippen MR) is 86.0 cm³/mol. The quantitative estimate of drug-likeness (QED) is 0.494. The van der Waals surface area contributed by atoms with Gasteiger partial charge in [0.2, 0.25) is 5.95 Å². The van der Waals surface area contributed by atoms with Gasteiger partial charge in [0.05, 0.1) is 5.52 Å². The number of nitrogens with zero attached hydrogens (tertiary/aromatic N) is 2. The molecule has 5 nitrogen and oxygen atoms in total. The Kier molecular flexibility index (Phi) is 3.93. The maximum atomic E-state index is 5.43. The molecule has 21 heavy (non-hydrogen) atoms. The number of rotatable bonds is 5.